The van der Waals surface area contributed by atoms with Crippen LogP contribution in [0.2, 0.25) is 0 Å². The Hall–Kier alpha value is -1.84. The lowest BCUT2D eigenvalue weighted by molar-refractivity contribution is -0.120. The predicted octanol–water partition coefficient (Wildman–Crippen LogP) is 3.33. The molecule has 1 unspecified atom stereocenters. The molecule has 2 heterocycles. The number of nitrogens with one attached hydrogen (secondary N) is 1. The molecular formula is C18H19BrFN3O3S. The lowest BCUT2D eigenvalue weighted by atomic mass is 9.99. The topological polar surface area (TPSA) is 79.4 Å². The molecule has 1 aromatic heterocycles. The van der Waals surface area contributed by atoms with Crippen LogP contribution in [0.4, 0.5) is 10.2 Å². The fourth-order valence-corrected chi connectivity index (χ4v) is 4.91. The van der Waals surface area contributed by atoms with E-state index >= 15 is 0 Å². The summed E-state index contributed by atoms with van der Waals surface area (Å²) in [6.07, 6.45) is 2.65. The lowest BCUT2D eigenvalue weighted by Gasteiger charge is -2.31. The summed E-state index contributed by atoms with van der Waals surface area (Å²) < 4.78 is 41.8. The first-order valence-electron chi connectivity index (χ1n) is 8.46. The number of amides is 1. The highest BCUT2D eigenvalue weighted by molar-refractivity contribution is 9.10. The summed E-state index contributed by atoms with van der Waals surface area (Å²) in [4.78, 5) is 16.3. The highest BCUT2D eigenvalue weighted by atomic mass is 79.9. The zero-order chi connectivity index (χ0) is 19.6. The molecule has 144 valence electrons. The number of aromatic nitrogens is 1. The van der Waals surface area contributed by atoms with Crippen molar-refractivity contribution in [1.29, 1.82) is 0 Å². The van der Waals surface area contributed by atoms with Gasteiger partial charge in [0.05, 0.1) is 5.92 Å². The minimum Gasteiger partial charge on any atom is -0.310 e. The van der Waals surface area contributed by atoms with E-state index < -0.39 is 21.8 Å². The maximum atomic E-state index is 14.1. The van der Waals surface area contributed by atoms with Crippen LogP contribution in [0.3, 0.4) is 0 Å². The molecule has 0 aliphatic carbocycles. The normalized spacial score (nSPS) is 18.3. The number of pyridine rings is 1. The molecule has 1 saturated heterocycles. The summed E-state index contributed by atoms with van der Waals surface area (Å²) in [6.45, 7) is 1.98. The number of nitrogens with zero attached hydrogens (tertiary/aromatic N) is 2. The Balaban J connectivity index is 1.76. The third-order valence-electron chi connectivity index (χ3n) is 4.44. The van der Waals surface area contributed by atoms with Gasteiger partial charge in [0.2, 0.25) is 15.9 Å². The number of carbonyl (C=O) groups is 1. The van der Waals surface area contributed by atoms with E-state index in [0.29, 0.717) is 24.2 Å². The molecule has 1 aliphatic heterocycles. The van der Waals surface area contributed by atoms with Gasteiger partial charge in [-0.1, -0.05) is 6.07 Å². The van der Waals surface area contributed by atoms with Crippen molar-refractivity contribution in [2.24, 2.45) is 5.92 Å². The maximum absolute atomic E-state index is 14.1. The van der Waals surface area contributed by atoms with Crippen molar-refractivity contribution in [2.45, 2.75) is 24.7 Å². The Bertz CT molecular complexity index is 951. The average molecular weight is 456 g/mol. The van der Waals surface area contributed by atoms with E-state index in [2.05, 4.69) is 26.2 Å². The van der Waals surface area contributed by atoms with Gasteiger partial charge in [0, 0.05) is 23.8 Å². The molecule has 1 amide bonds. The molecular weight excluding hydrogens is 437 g/mol. The standard InChI is InChI=1S/C18H19BrFN3O3S/c1-12-4-6-15(20)16(9-12)27(25,26)23-8-2-3-13(11-23)18(24)22-17-7-5-14(19)10-21-17/h4-7,9-10,13H,2-3,8,11H2,1H3,(H,21,22,24). The zero-order valence-corrected chi connectivity index (χ0v) is 17.1. The summed E-state index contributed by atoms with van der Waals surface area (Å²) in [7, 11) is -4.00. The Morgan fingerprint density at radius 1 is 1.33 bits per heavy atom. The molecule has 0 saturated carbocycles. The quantitative estimate of drug-likeness (QED) is 0.766. The molecule has 1 aliphatic rings. The van der Waals surface area contributed by atoms with Crippen molar-refractivity contribution in [3.63, 3.8) is 0 Å². The Morgan fingerprint density at radius 2 is 2.11 bits per heavy atom. The van der Waals surface area contributed by atoms with Crippen LogP contribution in [0, 0.1) is 18.7 Å². The number of piperidine rings is 1. The third-order valence-corrected chi connectivity index (χ3v) is 6.79. The number of anilines is 1. The highest BCUT2D eigenvalue weighted by Crippen LogP contribution is 2.26. The largest absolute Gasteiger partial charge is 0.310 e. The van der Waals surface area contributed by atoms with Gasteiger partial charge in [-0.15, -0.1) is 0 Å². The Labute approximate surface area is 166 Å². The molecule has 0 radical (unpaired) electrons. The van der Waals surface area contributed by atoms with E-state index in [4.69, 9.17) is 0 Å². The molecule has 1 aromatic carbocycles. The van der Waals surface area contributed by atoms with Crippen molar-refractivity contribution in [3.8, 4) is 0 Å². The molecule has 27 heavy (non-hydrogen) atoms. The smallest absolute Gasteiger partial charge is 0.246 e. The fraction of sp³-hybridized carbons (Fsp3) is 0.333. The second-order valence-corrected chi connectivity index (χ2v) is 9.31. The average Bonchev–Trinajstić information content (AvgIpc) is 2.65. The van der Waals surface area contributed by atoms with Gasteiger partial charge < -0.3 is 5.32 Å². The second kappa shape index (κ2) is 8.04. The summed E-state index contributed by atoms with van der Waals surface area (Å²) in [5.74, 6) is -1.21. The van der Waals surface area contributed by atoms with Gasteiger partial charge in [-0.2, -0.15) is 4.31 Å². The van der Waals surface area contributed by atoms with Crippen molar-refractivity contribution in [3.05, 3.63) is 52.4 Å². The first-order chi connectivity index (χ1) is 12.8. The van der Waals surface area contributed by atoms with Crippen LogP contribution in [0.15, 0.2) is 45.9 Å². The van der Waals surface area contributed by atoms with Crippen LogP contribution in [-0.4, -0.2) is 36.7 Å². The van der Waals surface area contributed by atoms with Gasteiger partial charge in [0.25, 0.3) is 0 Å². The number of carbonyl (C=O) groups excluding carboxylic acids is 1. The summed E-state index contributed by atoms with van der Waals surface area (Å²) in [6, 6.07) is 7.39. The van der Waals surface area contributed by atoms with Gasteiger partial charge in [0.1, 0.15) is 16.5 Å². The number of hydrogen-bond acceptors (Lipinski definition) is 4. The number of benzene rings is 1. The molecule has 0 spiro atoms. The van der Waals surface area contributed by atoms with Crippen molar-refractivity contribution >= 4 is 37.7 Å². The number of rotatable bonds is 4. The van der Waals surface area contributed by atoms with Gasteiger partial charge in [-0.3, -0.25) is 4.79 Å². The fourth-order valence-electron chi connectivity index (χ4n) is 3.00. The van der Waals surface area contributed by atoms with E-state index in [1.807, 2.05) is 0 Å². The second-order valence-electron chi connectivity index (χ2n) is 6.49. The van der Waals surface area contributed by atoms with E-state index in [-0.39, 0.29) is 23.9 Å². The number of sulfonamides is 1. The monoisotopic (exact) mass is 455 g/mol. The van der Waals surface area contributed by atoms with E-state index in [0.717, 1.165) is 10.5 Å². The number of aryl methyl sites for hydroxylation is 1. The highest BCUT2D eigenvalue weighted by Gasteiger charge is 2.34. The van der Waals surface area contributed by atoms with E-state index in [1.165, 1.54) is 16.4 Å². The molecule has 6 nitrogen and oxygen atoms in total. The van der Waals surface area contributed by atoms with Crippen LogP contribution in [0.5, 0.6) is 0 Å². The number of halogens is 2. The first-order valence-corrected chi connectivity index (χ1v) is 10.7. The van der Waals surface area contributed by atoms with Crippen molar-refractivity contribution in [2.75, 3.05) is 18.4 Å². The molecule has 9 heteroatoms. The summed E-state index contributed by atoms with van der Waals surface area (Å²) in [5.41, 5.74) is 0.655. The lowest BCUT2D eigenvalue weighted by Crippen LogP contribution is -2.44. The molecule has 2 aromatic rings. The van der Waals surface area contributed by atoms with E-state index in [1.54, 1.807) is 25.3 Å². The minimum atomic E-state index is -4.00. The van der Waals surface area contributed by atoms with Crippen LogP contribution >= 0.6 is 15.9 Å². The molecule has 0 bridgehead atoms. The Kier molecular flexibility index (Phi) is 5.92. The first kappa shape index (κ1) is 19.9. The molecule has 1 N–H and O–H groups in total. The molecule has 1 atom stereocenters. The van der Waals surface area contributed by atoms with Crippen LogP contribution < -0.4 is 5.32 Å². The predicted molar refractivity (Wildman–Crippen MR) is 103 cm³/mol. The molecule has 1 fully saturated rings. The Morgan fingerprint density at radius 3 is 2.81 bits per heavy atom. The third kappa shape index (κ3) is 4.53. The summed E-state index contributed by atoms with van der Waals surface area (Å²) in [5, 5.41) is 2.70. The maximum Gasteiger partial charge on any atom is 0.246 e. The van der Waals surface area contributed by atoms with Gasteiger partial charge >= 0.3 is 0 Å². The minimum absolute atomic E-state index is 0.0120. The van der Waals surface area contributed by atoms with Gasteiger partial charge in [-0.25, -0.2) is 17.8 Å². The van der Waals surface area contributed by atoms with Gasteiger partial charge in [0.15, 0.2) is 0 Å². The van der Waals surface area contributed by atoms with Crippen molar-refractivity contribution < 1.29 is 17.6 Å². The zero-order valence-electron chi connectivity index (χ0n) is 14.7. The van der Waals surface area contributed by atoms with Gasteiger partial charge in [-0.05, 0) is 65.5 Å². The number of hydrogen-bond donors (Lipinski definition) is 1. The van der Waals surface area contributed by atoms with Crippen LogP contribution in [0.25, 0.3) is 0 Å². The van der Waals surface area contributed by atoms with Crippen LogP contribution in [0.1, 0.15) is 18.4 Å². The van der Waals surface area contributed by atoms with E-state index in [9.17, 15) is 17.6 Å². The SMILES string of the molecule is Cc1ccc(F)c(S(=O)(=O)N2CCCC(C(=O)Nc3ccc(Br)cn3)C2)c1. The summed E-state index contributed by atoms with van der Waals surface area (Å²) >= 11 is 3.27. The van der Waals surface area contributed by atoms with Crippen LogP contribution in [-0.2, 0) is 14.8 Å². The van der Waals surface area contributed by atoms with Crippen molar-refractivity contribution in [1.82, 2.24) is 9.29 Å². The molecule has 3 rings (SSSR count).